The predicted octanol–water partition coefficient (Wildman–Crippen LogP) is 2.63. The van der Waals surface area contributed by atoms with Gasteiger partial charge in [-0.15, -0.1) is 0 Å². The minimum Gasteiger partial charge on any atom is -0.493 e. The van der Waals surface area contributed by atoms with E-state index in [1.54, 1.807) is 32.4 Å². The molecule has 21 heavy (non-hydrogen) atoms. The molecule has 0 aromatic heterocycles. The molecular formula is C17H19NO3. The van der Waals surface area contributed by atoms with Crippen molar-refractivity contribution in [1.82, 2.24) is 0 Å². The number of Topliss-reactive ketones (excluding diaryl/α,β-unsaturated/α-hetero) is 1. The summed E-state index contributed by atoms with van der Waals surface area (Å²) in [6.45, 7) is 0.261. The van der Waals surface area contributed by atoms with E-state index in [1.807, 2.05) is 30.3 Å². The molecule has 1 unspecified atom stereocenters. The fourth-order valence-electron chi connectivity index (χ4n) is 2.27. The zero-order valence-electron chi connectivity index (χ0n) is 12.2. The zero-order valence-corrected chi connectivity index (χ0v) is 12.2. The number of nitrogens with two attached hydrogens (primary N) is 1. The molecule has 2 N–H and O–H groups in total. The summed E-state index contributed by atoms with van der Waals surface area (Å²) in [5, 5.41) is 0. The van der Waals surface area contributed by atoms with Gasteiger partial charge in [-0.25, -0.2) is 0 Å². The van der Waals surface area contributed by atoms with Gasteiger partial charge in [-0.2, -0.15) is 0 Å². The van der Waals surface area contributed by atoms with Crippen LogP contribution in [-0.4, -0.2) is 26.5 Å². The summed E-state index contributed by atoms with van der Waals surface area (Å²) in [5.74, 6) is 0.749. The Morgan fingerprint density at radius 2 is 1.71 bits per heavy atom. The number of methoxy groups -OCH3 is 2. The Balaban J connectivity index is 2.34. The lowest BCUT2D eigenvalue weighted by Crippen LogP contribution is -2.21. The van der Waals surface area contributed by atoms with Crippen molar-refractivity contribution in [2.45, 2.75) is 5.92 Å². The quantitative estimate of drug-likeness (QED) is 0.829. The van der Waals surface area contributed by atoms with Crippen LogP contribution in [0.3, 0.4) is 0 Å². The number of rotatable bonds is 6. The van der Waals surface area contributed by atoms with E-state index in [-0.39, 0.29) is 18.2 Å². The van der Waals surface area contributed by atoms with E-state index < -0.39 is 0 Å². The molecular weight excluding hydrogens is 266 g/mol. The molecule has 0 saturated heterocycles. The molecule has 110 valence electrons. The molecule has 0 aliphatic heterocycles. The number of hydrogen-bond donors (Lipinski definition) is 1. The highest BCUT2D eigenvalue weighted by Gasteiger charge is 2.21. The Morgan fingerprint density at radius 1 is 1.05 bits per heavy atom. The highest BCUT2D eigenvalue weighted by molar-refractivity contribution is 6.01. The average molecular weight is 285 g/mol. The second kappa shape index (κ2) is 6.90. The number of ether oxygens (including phenoxy) is 2. The predicted molar refractivity (Wildman–Crippen MR) is 82.1 cm³/mol. The van der Waals surface area contributed by atoms with Gasteiger partial charge in [0.15, 0.2) is 17.3 Å². The van der Waals surface area contributed by atoms with Crippen LogP contribution in [0.25, 0.3) is 0 Å². The Hall–Kier alpha value is -2.33. The van der Waals surface area contributed by atoms with Gasteiger partial charge < -0.3 is 15.2 Å². The lowest BCUT2D eigenvalue weighted by Gasteiger charge is -2.15. The van der Waals surface area contributed by atoms with Crippen molar-refractivity contribution < 1.29 is 14.3 Å². The van der Waals surface area contributed by atoms with E-state index in [0.29, 0.717) is 17.1 Å². The molecule has 0 aliphatic carbocycles. The Bertz CT molecular complexity index is 611. The van der Waals surface area contributed by atoms with Gasteiger partial charge in [-0.3, -0.25) is 4.79 Å². The van der Waals surface area contributed by atoms with Gasteiger partial charge in [0.1, 0.15) is 0 Å². The summed E-state index contributed by atoms with van der Waals surface area (Å²) < 4.78 is 10.4. The van der Waals surface area contributed by atoms with Crippen molar-refractivity contribution in [3.05, 3.63) is 59.7 Å². The van der Waals surface area contributed by atoms with Crippen LogP contribution in [0.15, 0.2) is 48.5 Å². The Kier molecular flexibility index (Phi) is 4.95. The molecule has 2 aromatic carbocycles. The summed E-state index contributed by atoms with van der Waals surface area (Å²) in [5.41, 5.74) is 7.27. The first-order valence-electron chi connectivity index (χ1n) is 6.72. The first-order valence-corrected chi connectivity index (χ1v) is 6.72. The van der Waals surface area contributed by atoms with E-state index in [4.69, 9.17) is 15.2 Å². The van der Waals surface area contributed by atoms with Crippen LogP contribution < -0.4 is 15.2 Å². The Labute approximate surface area is 124 Å². The third-order valence-corrected chi connectivity index (χ3v) is 3.42. The van der Waals surface area contributed by atoms with Gasteiger partial charge in [0.25, 0.3) is 0 Å². The smallest absolute Gasteiger partial charge is 0.171 e. The zero-order chi connectivity index (χ0) is 15.2. The van der Waals surface area contributed by atoms with Gasteiger partial charge in [-0.05, 0) is 23.8 Å². The topological polar surface area (TPSA) is 61.5 Å². The molecule has 4 nitrogen and oxygen atoms in total. The second-order valence-corrected chi connectivity index (χ2v) is 4.63. The lowest BCUT2D eigenvalue weighted by atomic mass is 9.90. The summed E-state index contributed by atoms with van der Waals surface area (Å²) >= 11 is 0. The van der Waals surface area contributed by atoms with Crippen LogP contribution in [0.1, 0.15) is 21.8 Å². The van der Waals surface area contributed by atoms with Crippen molar-refractivity contribution in [1.29, 1.82) is 0 Å². The lowest BCUT2D eigenvalue weighted by molar-refractivity contribution is 0.0962. The first kappa shape index (κ1) is 15.1. The summed E-state index contributed by atoms with van der Waals surface area (Å²) in [6.07, 6.45) is 0. The summed E-state index contributed by atoms with van der Waals surface area (Å²) in [4.78, 5) is 12.7. The molecule has 2 aromatic rings. The normalized spacial score (nSPS) is 11.8. The van der Waals surface area contributed by atoms with Crippen molar-refractivity contribution >= 4 is 5.78 Å². The van der Waals surface area contributed by atoms with Gasteiger partial charge in [-0.1, -0.05) is 30.3 Å². The molecule has 0 radical (unpaired) electrons. The molecule has 4 heteroatoms. The van der Waals surface area contributed by atoms with Crippen LogP contribution in [0.4, 0.5) is 0 Å². The van der Waals surface area contributed by atoms with Crippen LogP contribution in [0, 0.1) is 0 Å². The number of carbonyl (C=O) groups excluding carboxylic acids is 1. The van der Waals surface area contributed by atoms with Gasteiger partial charge in [0, 0.05) is 12.1 Å². The van der Waals surface area contributed by atoms with Gasteiger partial charge >= 0.3 is 0 Å². The SMILES string of the molecule is COc1ccc(C(=O)C(CN)c2ccccc2)cc1OC. The number of benzene rings is 2. The van der Waals surface area contributed by atoms with E-state index in [0.717, 1.165) is 5.56 Å². The maximum atomic E-state index is 12.7. The van der Waals surface area contributed by atoms with Crippen molar-refractivity contribution in [2.24, 2.45) is 5.73 Å². The maximum absolute atomic E-state index is 12.7. The molecule has 0 heterocycles. The number of ketones is 1. The Morgan fingerprint density at radius 3 is 2.29 bits per heavy atom. The number of carbonyl (C=O) groups is 1. The van der Waals surface area contributed by atoms with E-state index in [9.17, 15) is 4.79 Å². The molecule has 0 fully saturated rings. The van der Waals surface area contributed by atoms with E-state index in [2.05, 4.69) is 0 Å². The monoisotopic (exact) mass is 285 g/mol. The highest BCUT2D eigenvalue weighted by atomic mass is 16.5. The number of hydrogen-bond acceptors (Lipinski definition) is 4. The van der Waals surface area contributed by atoms with Crippen LogP contribution in [0.2, 0.25) is 0 Å². The largest absolute Gasteiger partial charge is 0.493 e. The second-order valence-electron chi connectivity index (χ2n) is 4.63. The van der Waals surface area contributed by atoms with Crippen LogP contribution in [0.5, 0.6) is 11.5 Å². The average Bonchev–Trinajstić information content (AvgIpc) is 2.55. The van der Waals surface area contributed by atoms with Gasteiger partial charge in [0.05, 0.1) is 20.1 Å². The molecule has 2 rings (SSSR count). The van der Waals surface area contributed by atoms with Gasteiger partial charge in [0.2, 0.25) is 0 Å². The highest BCUT2D eigenvalue weighted by Crippen LogP contribution is 2.29. The third-order valence-electron chi connectivity index (χ3n) is 3.42. The molecule has 0 aliphatic rings. The minimum atomic E-state index is -0.357. The van der Waals surface area contributed by atoms with E-state index >= 15 is 0 Å². The fraction of sp³-hybridized carbons (Fsp3) is 0.235. The van der Waals surface area contributed by atoms with Crippen LogP contribution in [-0.2, 0) is 0 Å². The molecule has 0 spiro atoms. The third kappa shape index (κ3) is 3.23. The molecule has 1 atom stereocenters. The molecule has 0 bridgehead atoms. The standard InChI is InChI=1S/C17H19NO3/c1-20-15-9-8-13(10-16(15)21-2)17(19)14(11-18)12-6-4-3-5-7-12/h3-10,14H,11,18H2,1-2H3. The first-order chi connectivity index (χ1) is 10.2. The maximum Gasteiger partial charge on any atom is 0.171 e. The van der Waals surface area contributed by atoms with Crippen molar-refractivity contribution in [2.75, 3.05) is 20.8 Å². The van der Waals surface area contributed by atoms with Crippen molar-refractivity contribution in [3.8, 4) is 11.5 Å². The fourth-order valence-corrected chi connectivity index (χ4v) is 2.27. The summed E-state index contributed by atoms with van der Waals surface area (Å²) in [7, 11) is 3.11. The van der Waals surface area contributed by atoms with Crippen LogP contribution >= 0.6 is 0 Å². The van der Waals surface area contributed by atoms with Crippen molar-refractivity contribution in [3.63, 3.8) is 0 Å². The summed E-state index contributed by atoms with van der Waals surface area (Å²) in [6, 6.07) is 14.7. The molecule has 0 amide bonds. The minimum absolute atomic E-state index is 0.0235. The molecule has 0 saturated carbocycles. The van der Waals surface area contributed by atoms with E-state index in [1.165, 1.54) is 0 Å².